The topological polar surface area (TPSA) is 90.1 Å². The first kappa shape index (κ1) is 15.4. The van der Waals surface area contributed by atoms with Gasteiger partial charge in [-0.25, -0.2) is 4.98 Å². The third kappa shape index (κ3) is 3.84. The lowest BCUT2D eigenvalue weighted by atomic mass is 10.0. The number of hydrogen-bond acceptors (Lipinski definition) is 5. The van der Waals surface area contributed by atoms with Crippen LogP contribution in [0.3, 0.4) is 0 Å². The van der Waals surface area contributed by atoms with E-state index in [-0.39, 0.29) is 11.9 Å². The predicted octanol–water partition coefficient (Wildman–Crippen LogP) is 2.13. The maximum atomic E-state index is 12.4. The van der Waals surface area contributed by atoms with Crippen LogP contribution in [0.1, 0.15) is 29.6 Å². The fraction of sp³-hybridized carbons (Fsp3) is 0.353. The summed E-state index contributed by atoms with van der Waals surface area (Å²) in [6.45, 7) is 0.612. The molecule has 1 saturated carbocycles. The van der Waals surface area contributed by atoms with Crippen molar-refractivity contribution < 1.29 is 9.53 Å². The van der Waals surface area contributed by atoms with Crippen LogP contribution in [0, 0.1) is 5.92 Å². The van der Waals surface area contributed by atoms with E-state index in [0.717, 1.165) is 19.3 Å². The minimum Gasteiger partial charge on any atom is -0.437 e. The van der Waals surface area contributed by atoms with E-state index in [2.05, 4.69) is 15.3 Å². The summed E-state index contributed by atoms with van der Waals surface area (Å²) in [5.74, 6) is 1.22. The number of benzene rings is 1. The number of rotatable bonds is 5. The Morgan fingerprint density at radius 2 is 2.26 bits per heavy atom. The van der Waals surface area contributed by atoms with E-state index < -0.39 is 0 Å². The summed E-state index contributed by atoms with van der Waals surface area (Å²) < 4.78 is 5.61. The third-order valence-electron chi connectivity index (χ3n) is 4.14. The van der Waals surface area contributed by atoms with Crippen LogP contribution in [-0.4, -0.2) is 28.5 Å². The average molecular weight is 312 g/mol. The minimum atomic E-state index is -0.0973. The van der Waals surface area contributed by atoms with E-state index in [1.165, 1.54) is 6.20 Å². The number of aromatic nitrogens is 2. The monoisotopic (exact) mass is 312 g/mol. The zero-order valence-electron chi connectivity index (χ0n) is 12.8. The van der Waals surface area contributed by atoms with Crippen molar-refractivity contribution >= 4 is 5.91 Å². The zero-order chi connectivity index (χ0) is 16.1. The van der Waals surface area contributed by atoms with Gasteiger partial charge in [-0.2, -0.15) is 0 Å². The molecule has 1 aromatic carbocycles. The molecule has 2 unspecified atom stereocenters. The van der Waals surface area contributed by atoms with E-state index in [1.54, 1.807) is 36.7 Å². The van der Waals surface area contributed by atoms with Crippen molar-refractivity contribution in [3.8, 4) is 11.6 Å². The summed E-state index contributed by atoms with van der Waals surface area (Å²) >= 11 is 0. The van der Waals surface area contributed by atoms with Gasteiger partial charge >= 0.3 is 0 Å². The first-order valence-corrected chi connectivity index (χ1v) is 7.81. The van der Waals surface area contributed by atoms with Crippen LogP contribution in [0.15, 0.2) is 42.9 Å². The van der Waals surface area contributed by atoms with Crippen LogP contribution in [-0.2, 0) is 0 Å². The molecule has 0 saturated heterocycles. The Morgan fingerprint density at radius 1 is 1.35 bits per heavy atom. The van der Waals surface area contributed by atoms with Crippen molar-refractivity contribution in [3.05, 3.63) is 48.4 Å². The molecule has 2 aromatic rings. The number of nitrogens with two attached hydrogens (primary N) is 1. The van der Waals surface area contributed by atoms with Crippen molar-refractivity contribution in [2.75, 3.05) is 6.54 Å². The molecule has 3 rings (SSSR count). The van der Waals surface area contributed by atoms with Gasteiger partial charge in [0, 0.05) is 24.0 Å². The van der Waals surface area contributed by atoms with Crippen molar-refractivity contribution in [3.63, 3.8) is 0 Å². The van der Waals surface area contributed by atoms with Crippen LogP contribution < -0.4 is 15.8 Å². The first-order chi connectivity index (χ1) is 11.3. The molecule has 1 aliphatic carbocycles. The van der Waals surface area contributed by atoms with Gasteiger partial charge in [-0.3, -0.25) is 9.78 Å². The normalized spacial score (nSPS) is 20.2. The van der Waals surface area contributed by atoms with Gasteiger partial charge in [0.15, 0.2) is 0 Å². The maximum absolute atomic E-state index is 12.4. The zero-order valence-corrected chi connectivity index (χ0v) is 12.8. The molecule has 120 valence electrons. The second-order valence-electron chi connectivity index (χ2n) is 5.68. The average Bonchev–Trinajstić information content (AvgIpc) is 3.03. The molecule has 6 nitrogen and oxygen atoms in total. The summed E-state index contributed by atoms with van der Waals surface area (Å²) in [5.41, 5.74) is 6.33. The Morgan fingerprint density at radius 3 is 3.04 bits per heavy atom. The minimum absolute atomic E-state index is 0.0973. The van der Waals surface area contributed by atoms with E-state index in [0.29, 0.717) is 29.7 Å². The lowest BCUT2D eigenvalue weighted by Gasteiger charge is -2.19. The van der Waals surface area contributed by atoms with Gasteiger partial charge in [-0.1, -0.05) is 12.5 Å². The number of nitrogens with one attached hydrogen (secondary N) is 1. The maximum Gasteiger partial charge on any atom is 0.251 e. The molecule has 0 spiro atoms. The number of carbonyl (C=O) groups is 1. The van der Waals surface area contributed by atoms with Crippen molar-refractivity contribution in [2.24, 2.45) is 11.7 Å². The summed E-state index contributed by atoms with van der Waals surface area (Å²) in [6, 6.07) is 7.21. The Hall–Kier alpha value is -2.47. The van der Waals surface area contributed by atoms with Gasteiger partial charge in [-0.15, -0.1) is 0 Å². The van der Waals surface area contributed by atoms with Crippen molar-refractivity contribution in [1.29, 1.82) is 0 Å². The fourth-order valence-corrected chi connectivity index (χ4v) is 2.92. The van der Waals surface area contributed by atoms with Crippen LogP contribution in [0.4, 0.5) is 0 Å². The van der Waals surface area contributed by atoms with E-state index in [4.69, 9.17) is 10.5 Å². The number of ether oxygens (including phenoxy) is 1. The third-order valence-corrected chi connectivity index (χ3v) is 4.14. The van der Waals surface area contributed by atoms with Crippen LogP contribution in [0.5, 0.6) is 11.6 Å². The van der Waals surface area contributed by atoms with Crippen molar-refractivity contribution in [1.82, 2.24) is 15.3 Å². The molecule has 0 radical (unpaired) electrons. The molecular weight excluding hydrogens is 292 g/mol. The first-order valence-electron chi connectivity index (χ1n) is 7.81. The molecular formula is C17H20N4O2. The van der Waals surface area contributed by atoms with Crippen molar-refractivity contribution in [2.45, 2.75) is 25.3 Å². The fourth-order valence-electron chi connectivity index (χ4n) is 2.92. The molecule has 6 heteroatoms. The number of carbonyl (C=O) groups excluding carboxylic acids is 1. The molecule has 1 aromatic heterocycles. The summed E-state index contributed by atoms with van der Waals surface area (Å²) in [5, 5.41) is 3.08. The van der Waals surface area contributed by atoms with E-state index in [9.17, 15) is 4.79 Å². The molecule has 1 fully saturated rings. The lowest BCUT2D eigenvalue weighted by molar-refractivity contribution is 0.0928. The molecule has 2 atom stereocenters. The summed E-state index contributed by atoms with van der Waals surface area (Å²) in [7, 11) is 0. The lowest BCUT2D eigenvalue weighted by Crippen LogP contribution is -2.39. The number of amides is 1. The Labute approximate surface area is 135 Å². The Bertz CT molecular complexity index is 663. The highest BCUT2D eigenvalue weighted by molar-refractivity contribution is 5.94. The summed E-state index contributed by atoms with van der Waals surface area (Å²) in [4.78, 5) is 20.4. The highest BCUT2D eigenvalue weighted by atomic mass is 16.5. The molecule has 23 heavy (non-hydrogen) atoms. The van der Waals surface area contributed by atoms with E-state index in [1.807, 2.05) is 0 Å². The van der Waals surface area contributed by atoms with Gasteiger partial charge in [0.1, 0.15) is 5.75 Å². The molecule has 1 aliphatic rings. The standard InChI is InChI=1S/C17H20N4O2/c18-10-13-4-2-6-15(13)21-17(22)12-3-1-5-14(9-12)23-16-11-19-7-8-20-16/h1,3,5,7-9,11,13,15H,2,4,6,10,18H2,(H,21,22). The Balaban J connectivity index is 1.68. The summed E-state index contributed by atoms with van der Waals surface area (Å²) in [6.07, 6.45) is 7.84. The largest absolute Gasteiger partial charge is 0.437 e. The predicted molar refractivity (Wildman–Crippen MR) is 86.2 cm³/mol. The van der Waals surface area contributed by atoms with Gasteiger partial charge in [-0.05, 0) is 43.5 Å². The SMILES string of the molecule is NCC1CCCC1NC(=O)c1cccc(Oc2cnccn2)c1. The second kappa shape index (κ2) is 7.19. The Kier molecular flexibility index (Phi) is 4.83. The molecule has 1 amide bonds. The molecule has 1 heterocycles. The van der Waals surface area contributed by atoms with Crippen LogP contribution in [0.2, 0.25) is 0 Å². The second-order valence-corrected chi connectivity index (χ2v) is 5.68. The van der Waals surface area contributed by atoms with Gasteiger partial charge in [0.2, 0.25) is 5.88 Å². The highest BCUT2D eigenvalue weighted by Crippen LogP contribution is 2.25. The van der Waals surface area contributed by atoms with Gasteiger partial charge in [0.05, 0.1) is 6.20 Å². The van der Waals surface area contributed by atoms with Gasteiger partial charge in [0.25, 0.3) is 5.91 Å². The highest BCUT2D eigenvalue weighted by Gasteiger charge is 2.27. The quantitative estimate of drug-likeness (QED) is 0.882. The molecule has 0 aliphatic heterocycles. The van der Waals surface area contributed by atoms with Crippen LogP contribution in [0.25, 0.3) is 0 Å². The molecule has 0 bridgehead atoms. The smallest absolute Gasteiger partial charge is 0.251 e. The number of nitrogens with zero attached hydrogens (tertiary/aromatic N) is 2. The number of hydrogen-bond donors (Lipinski definition) is 2. The van der Waals surface area contributed by atoms with Gasteiger partial charge < -0.3 is 15.8 Å². The van der Waals surface area contributed by atoms with E-state index >= 15 is 0 Å². The van der Waals surface area contributed by atoms with Crippen LogP contribution >= 0.6 is 0 Å². The molecule has 3 N–H and O–H groups in total.